The van der Waals surface area contributed by atoms with E-state index in [9.17, 15) is 13.2 Å². The van der Waals surface area contributed by atoms with Crippen molar-refractivity contribution in [1.82, 2.24) is 0 Å². The van der Waals surface area contributed by atoms with Gasteiger partial charge in [-0.25, -0.2) is 0 Å². The topological polar surface area (TPSA) is 38.0 Å². The maximum absolute atomic E-state index is 12.5. The number of benzene rings is 1. The monoisotopic (exact) mass is 258 g/mol. The number of rotatable bonds is 3. The molecule has 1 aliphatic rings. The number of hydrogen-bond acceptors (Lipinski definition) is 2. The lowest BCUT2D eigenvalue weighted by Gasteiger charge is -2.15. The summed E-state index contributed by atoms with van der Waals surface area (Å²) in [5, 5.41) is 3.14. The van der Waals surface area contributed by atoms with E-state index in [1.54, 1.807) is 0 Å². The van der Waals surface area contributed by atoms with Crippen LogP contribution < -0.4 is 11.1 Å². The zero-order valence-electron chi connectivity index (χ0n) is 10.1. The summed E-state index contributed by atoms with van der Waals surface area (Å²) in [6.45, 7) is 0.787. The predicted molar refractivity (Wildman–Crippen MR) is 66.3 cm³/mol. The summed E-state index contributed by atoms with van der Waals surface area (Å²) in [4.78, 5) is 0. The zero-order chi connectivity index (χ0) is 13.2. The first kappa shape index (κ1) is 13.1. The number of alkyl halides is 3. The van der Waals surface area contributed by atoms with Gasteiger partial charge in [0.15, 0.2) is 0 Å². The Balaban J connectivity index is 2.01. The van der Waals surface area contributed by atoms with Gasteiger partial charge in [0.05, 0.1) is 16.9 Å². The van der Waals surface area contributed by atoms with Crippen molar-refractivity contribution in [2.24, 2.45) is 5.92 Å². The molecule has 0 spiro atoms. The van der Waals surface area contributed by atoms with Gasteiger partial charge >= 0.3 is 6.18 Å². The van der Waals surface area contributed by atoms with Crippen LogP contribution in [0.4, 0.5) is 24.5 Å². The van der Waals surface area contributed by atoms with Gasteiger partial charge in [0.25, 0.3) is 0 Å². The van der Waals surface area contributed by atoms with Crippen molar-refractivity contribution >= 4 is 11.4 Å². The lowest BCUT2D eigenvalue weighted by atomic mass is 10.1. The third kappa shape index (κ3) is 3.09. The molecule has 0 saturated heterocycles. The van der Waals surface area contributed by atoms with Crippen molar-refractivity contribution < 1.29 is 13.2 Å². The van der Waals surface area contributed by atoms with E-state index >= 15 is 0 Å². The SMILES string of the molecule is Nc1cc(C(F)(F)F)ccc1NCC1CCCC1. The molecule has 0 aliphatic heterocycles. The highest BCUT2D eigenvalue weighted by molar-refractivity contribution is 5.67. The van der Waals surface area contributed by atoms with Crippen LogP contribution in [0.5, 0.6) is 0 Å². The summed E-state index contributed by atoms with van der Waals surface area (Å²) in [5.41, 5.74) is 5.69. The summed E-state index contributed by atoms with van der Waals surface area (Å²) in [6, 6.07) is 3.46. The second-order valence-corrected chi connectivity index (χ2v) is 4.83. The third-order valence-electron chi connectivity index (χ3n) is 3.43. The average molecular weight is 258 g/mol. The molecule has 0 aromatic heterocycles. The van der Waals surface area contributed by atoms with Crippen LogP contribution in [0.3, 0.4) is 0 Å². The van der Waals surface area contributed by atoms with E-state index in [4.69, 9.17) is 5.73 Å². The first-order valence-electron chi connectivity index (χ1n) is 6.17. The van der Waals surface area contributed by atoms with E-state index in [2.05, 4.69) is 5.32 Å². The van der Waals surface area contributed by atoms with Gasteiger partial charge in [-0.15, -0.1) is 0 Å². The Morgan fingerprint density at radius 3 is 2.44 bits per heavy atom. The van der Waals surface area contributed by atoms with Crippen molar-refractivity contribution in [3.63, 3.8) is 0 Å². The van der Waals surface area contributed by atoms with Crippen LogP contribution in [0, 0.1) is 5.92 Å². The Labute approximate surface area is 104 Å². The third-order valence-corrected chi connectivity index (χ3v) is 3.43. The fraction of sp³-hybridized carbons (Fsp3) is 0.538. The smallest absolute Gasteiger partial charge is 0.397 e. The first-order valence-corrected chi connectivity index (χ1v) is 6.17. The molecule has 0 bridgehead atoms. The molecule has 5 heteroatoms. The molecular formula is C13H17F3N2. The van der Waals surface area contributed by atoms with Gasteiger partial charge in [-0.05, 0) is 37.0 Å². The lowest BCUT2D eigenvalue weighted by Crippen LogP contribution is -2.13. The van der Waals surface area contributed by atoms with Gasteiger partial charge in [0.2, 0.25) is 0 Å². The molecule has 0 unspecified atom stereocenters. The van der Waals surface area contributed by atoms with Crippen LogP contribution in [0.1, 0.15) is 31.2 Å². The summed E-state index contributed by atoms with van der Waals surface area (Å²) < 4.78 is 37.4. The molecule has 0 radical (unpaired) electrons. The molecule has 0 amide bonds. The Morgan fingerprint density at radius 1 is 1.22 bits per heavy atom. The van der Waals surface area contributed by atoms with Gasteiger partial charge in [-0.2, -0.15) is 13.2 Å². The average Bonchev–Trinajstić information content (AvgIpc) is 2.79. The van der Waals surface area contributed by atoms with Crippen LogP contribution in [-0.2, 0) is 6.18 Å². The molecular weight excluding hydrogens is 241 g/mol. The Bertz CT molecular complexity index is 409. The summed E-state index contributed by atoms with van der Waals surface area (Å²) in [7, 11) is 0. The summed E-state index contributed by atoms with van der Waals surface area (Å²) >= 11 is 0. The highest BCUT2D eigenvalue weighted by Gasteiger charge is 2.30. The molecule has 2 rings (SSSR count). The normalized spacial score (nSPS) is 17.1. The zero-order valence-corrected chi connectivity index (χ0v) is 10.1. The number of halogens is 3. The van der Waals surface area contributed by atoms with Crippen molar-refractivity contribution in [1.29, 1.82) is 0 Å². The number of anilines is 2. The van der Waals surface area contributed by atoms with Gasteiger partial charge in [0.1, 0.15) is 0 Å². The lowest BCUT2D eigenvalue weighted by molar-refractivity contribution is -0.137. The standard InChI is InChI=1S/C13H17F3N2/c14-13(15,16)10-5-6-12(11(17)7-10)18-8-9-3-1-2-4-9/h5-7,9,18H,1-4,8,17H2. The summed E-state index contributed by atoms with van der Waals surface area (Å²) in [6.07, 6.45) is 0.531. The van der Waals surface area contributed by atoms with E-state index in [0.29, 0.717) is 11.6 Å². The summed E-state index contributed by atoms with van der Waals surface area (Å²) in [5.74, 6) is 0.617. The molecule has 18 heavy (non-hydrogen) atoms. The quantitative estimate of drug-likeness (QED) is 0.807. The molecule has 1 saturated carbocycles. The fourth-order valence-corrected chi connectivity index (χ4v) is 2.37. The maximum Gasteiger partial charge on any atom is 0.416 e. The Morgan fingerprint density at radius 2 is 1.89 bits per heavy atom. The number of nitrogens with one attached hydrogen (secondary N) is 1. The molecule has 1 aliphatic carbocycles. The van der Waals surface area contributed by atoms with Gasteiger partial charge in [-0.3, -0.25) is 0 Å². The second-order valence-electron chi connectivity index (χ2n) is 4.83. The van der Waals surface area contributed by atoms with Crippen LogP contribution in [0.25, 0.3) is 0 Å². The van der Waals surface area contributed by atoms with Crippen molar-refractivity contribution in [2.45, 2.75) is 31.9 Å². The molecule has 100 valence electrons. The van der Waals surface area contributed by atoms with E-state index in [0.717, 1.165) is 18.7 Å². The molecule has 2 nitrogen and oxygen atoms in total. The van der Waals surface area contributed by atoms with Crippen LogP contribution in [0.15, 0.2) is 18.2 Å². The Hall–Kier alpha value is -1.39. The fourth-order valence-electron chi connectivity index (χ4n) is 2.37. The number of hydrogen-bond donors (Lipinski definition) is 2. The van der Waals surface area contributed by atoms with Crippen molar-refractivity contribution in [3.8, 4) is 0 Å². The highest BCUT2D eigenvalue weighted by atomic mass is 19.4. The molecule has 3 N–H and O–H groups in total. The van der Waals surface area contributed by atoms with Crippen LogP contribution in [-0.4, -0.2) is 6.54 Å². The number of nitrogen functional groups attached to an aromatic ring is 1. The molecule has 0 heterocycles. The van der Waals surface area contributed by atoms with Gasteiger partial charge in [-0.1, -0.05) is 12.8 Å². The minimum atomic E-state index is -4.34. The van der Waals surface area contributed by atoms with E-state index in [-0.39, 0.29) is 5.69 Å². The van der Waals surface area contributed by atoms with Crippen molar-refractivity contribution in [2.75, 3.05) is 17.6 Å². The minimum Gasteiger partial charge on any atom is -0.397 e. The molecule has 1 aromatic rings. The first-order chi connectivity index (χ1) is 8.47. The highest BCUT2D eigenvalue weighted by Crippen LogP contribution is 2.33. The van der Waals surface area contributed by atoms with E-state index in [1.807, 2.05) is 0 Å². The van der Waals surface area contributed by atoms with E-state index in [1.165, 1.54) is 31.7 Å². The van der Waals surface area contributed by atoms with Crippen molar-refractivity contribution in [3.05, 3.63) is 23.8 Å². The molecule has 1 aromatic carbocycles. The second kappa shape index (κ2) is 5.08. The van der Waals surface area contributed by atoms with Crippen LogP contribution >= 0.6 is 0 Å². The van der Waals surface area contributed by atoms with Crippen LogP contribution in [0.2, 0.25) is 0 Å². The largest absolute Gasteiger partial charge is 0.416 e. The van der Waals surface area contributed by atoms with E-state index < -0.39 is 11.7 Å². The van der Waals surface area contributed by atoms with Gasteiger partial charge in [0, 0.05) is 6.54 Å². The predicted octanol–water partition coefficient (Wildman–Crippen LogP) is 3.89. The molecule has 0 atom stereocenters. The van der Waals surface area contributed by atoms with Gasteiger partial charge < -0.3 is 11.1 Å². The number of nitrogens with two attached hydrogens (primary N) is 1. The maximum atomic E-state index is 12.5. The minimum absolute atomic E-state index is 0.155. The molecule has 1 fully saturated rings. The Kier molecular flexibility index (Phi) is 3.68.